The minimum Gasteiger partial charge on any atom is -0.309 e. The number of hydrogen-bond acceptors (Lipinski definition) is 1. The van der Waals surface area contributed by atoms with Crippen LogP contribution >= 0.6 is 0 Å². The minimum atomic E-state index is 0.651. The molecule has 0 aliphatic heterocycles. The average molecular weight is 723 g/mol. The molecule has 0 aliphatic carbocycles. The maximum atomic E-state index is 9.79. The fourth-order valence-electron chi connectivity index (χ4n) is 9.09. The number of nitriles is 1. The van der Waals surface area contributed by atoms with Crippen molar-refractivity contribution in [1.29, 1.82) is 5.26 Å². The summed E-state index contributed by atoms with van der Waals surface area (Å²) < 4.78 is 2.29. The van der Waals surface area contributed by atoms with Crippen molar-refractivity contribution < 1.29 is 0 Å². The van der Waals surface area contributed by atoms with Crippen molar-refractivity contribution in [3.8, 4) is 56.3 Å². The molecule has 2 heteroatoms. The van der Waals surface area contributed by atoms with E-state index in [0.717, 1.165) is 33.1 Å². The van der Waals surface area contributed by atoms with Crippen molar-refractivity contribution in [2.75, 3.05) is 0 Å². The van der Waals surface area contributed by atoms with Gasteiger partial charge in [-0.2, -0.15) is 5.26 Å². The summed E-state index contributed by atoms with van der Waals surface area (Å²) in [5.74, 6) is 0. The SMILES string of the molecule is N#Cc1ccc2c3ccc(-c4ccc(-c5ccc6c(-c7ccccc7)c7ccccc7c(-c7ccccc7)c6c5)c5ccccc45)cc3n(-c3ccccc3)c2c1. The Morgan fingerprint density at radius 1 is 0.316 bits per heavy atom. The van der Waals surface area contributed by atoms with Gasteiger partial charge in [0.25, 0.3) is 0 Å². The van der Waals surface area contributed by atoms with E-state index in [2.05, 4.69) is 199 Å². The second-order valence-corrected chi connectivity index (χ2v) is 14.7. The lowest BCUT2D eigenvalue weighted by atomic mass is 9.84. The first kappa shape index (κ1) is 32.7. The van der Waals surface area contributed by atoms with Gasteiger partial charge in [-0.25, -0.2) is 0 Å². The quantitative estimate of drug-likeness (QED) is 0.163. The van der Waals surface area contributed by atoms with Gasteiger partial charge in [0.15, 0.2) is 0 Å². The second kappa shape index (κ2) is 13.2. The van der Waals surface area contributed by atoms with Gasteiger partial charge >= 0.3 is 0 Å². The summed E-state index contributed by atoms with van der Waals surface area (Å²) in [5, 5.41) is 19.5. The van der Waals surface area contributed by atoms with Crippen LogP contribution in [0.4, 0.5) is 0 Å². The molecule has 0 aliphatic rings. The lowest BCUT2D eigenvalue weighted by Crippen LogP contribution is -1.94. The molecule has 10 aromatic carbocycles. The van der Waals surface area contributed by atoms with Crippen LogP contribution in [0.5, 0.6) is 0 Å². The zero-order valence-corrected chi connectivity index (χ0v) is 31.0. The first-order valence-corrected chi connectivity index (χ1v) is 19.4. The molecule has 0 unspecified atom stereocenters. The zero-order valence-electron chi connectivity index (χ0n) is 31.0. The monoisotopic (exact) mass is 722 g/mol. The highest BCUT2D eigenvalue weighted by Crippen LogP contribution is 2.46. The van der Waals surface area contributed by atoms with Gasteiger partial charge in [-0.15, -0.1) is 0 Å². The van der Waals surface area contributed by atoms with Crippen LogP contribution in [0.25, 0.3) is 104 Å². The van der Waals surface area contributed by atoms with Crippen LogP contribution in [-0.2, 0) is 0 Å². The molecule has 2 nitrogen and oxygen atoms in total. The van der Waals surface area contributed by atoms with Crippen LogP contribution in [0.3, 0.4) is 0 Å². The molecule has 0 fully saturated rings. The smallest absolute Gasteiger partial charge is 0.0992 e. The second-order valence-electron chi connectivity index (χ2n) is 14.7. The highest BCUT2D eigenvalue weighted by atomic mass is 15.0. The lowest BCUT2D eigenvalue weighted by Gasteiger charge is -2.19. The molecule has 11 rings (SSSR count). The Morgan fingerprint density at radius 2 is 0.754 bits per heavy atom. The largest absolute Gasteiger partial charge is 0.309 e. The van der Waals surface area contributed by atoms with Crippen LogP contribution in [0.15, 0.2) is 206 Å². The van der Waals surface area contributed by atoms with Crippen molar-refractivity contribution in [3.63, 3.8) is 0 Å². The Labute approximate surface area is 330 Å². The van der Waals surface area contributed by atoms with Crippen molar-refractivity contribution in [2.24, 2.45) is 0 Å². The summed E-state index contributed by atoms with van der Waals surface area (Å²) in [6.45, 7) is 0. The van der Waals surface area contributed by atoms with Crippen molar-refractivity contribution in [2.45, 2.75) is 0 Å². The van der Waals surface area contributed by atoms with Crippen LogP contribution in [0, 0.1) is 11.3 Å². The lowest BCUT2D eigenvalue weighted by molar-refractivity contribution is 1.18. The van der Waals surface area contributed by atoms with Crippen LogP contribution in [0.2, 0.25) is 0 Å². The summed E-state index contributed by atoms with van der Waals surface area (Å²) in [5.41, 5.74) is 13.5. The van der Waals surface area contributed by atoms with Gasteiger partial charge in [-0.05, 0) is 113 Å². The fraction of sp³-hybridized carbons (Fsp3) is 0. The Hall–Kier alpha value is -7.73. The molecule has 11 aromatic rings. The Bertz CT molecular complexity index is 3390. The molecule has 0 saturated heterocycles. The average Bonchev–Trinajstić information content (AvgIpc) is 3.61. The number of rotatable bonds is 5. The van der Waals surface area contributed by atoms with Crippen molar-refractivity contribution in [3.05, 3.63) is 212 Å². The predicted octanol–water partition coefficient (Wildman–Crippen LogP) is 14.8. The van der Waals surface area contributed by atoms with Gasteiger partial charge in [-0.1, -0.05) is 170 Å². The van der Waals surface area contributed by atoms with E-state index in [1.807, 2.05) is 18.2 Å². The third-order valence-electron chi connectivity index (χ3n) is 11.6. The van der Waals surface area contributed by atoms with Crippen molar-refractivity contribution in [1.82, 2.24) is 4.57 Å². The van der Waals surface area contributed by atoms with E-state index < -0.39 is 0 Å². The fourth-order valence-corrected chi connectivity index (χ4v) is 9.09. The van der Waals surface area contributed by atoms with Crippen LogP contribution < -0.4 is 0 Å². The molecule has 264 valence electrons. The van der Waals surface area contributed by atoms with Gasteiger partial charge in [0.05, 0.1) is 22.7 Å². The number of benzene rings is 10. The minimum absolute atomic E-state index is 0.651. The molecule has 0 atom stereocenters. The normalized spacial score (nSPS) is 11.5. The van der Waals surface area contributed by atoms with Gasteiger partial charge in [0, 0.05) is 16.5 Å². The van der Waals surface area contributed by atoms with E-state index in [1.165, 1.54) is 71.3 Å². The summed E-state index contributed by atoms with van der Waals surface area (Å²) >= 11 is 0. The van der Waals surface area contributed by atoms with E-state index in [9.17, 15) is 5.26 Å². The van der Waals surface area contributed by atoms with Crippen LogP contribution in [-0.4, -0.2) is 4.57 Å². The molecule has 57 heavy (non-hydrogen) atoms. The molecule has 0 saturated carbocycles. The van der Waals surface area contributed by atoms with Crippen molar-refractivity contribution >= 4 is 54.1 Å². The molecule has 0 N–H and O–H groups in total. The summed E-state index contributed by atoms with van der Waals surface area (Å²) in [6.07, 6.45) is 0. The van der Waals surface area contributed by atoms with E-state index in [1.54, 1.807) is 0 Å². The zero-order chi connectivity index (χ0) is 37.9. The molecule has 1 aromatic heterocycles. The van der Waals surface area contributed by atoms with E-state index >= 15 is 0 Å². The summed E-state index contributed by atoms with van der Waals surface area (Å²) in [7, 11) is 0. The van der Waals surface area contributed by atoms with Gasteiger partial charge in [0.2, 0.25) is 0 Å². The molecular formula is C55H34N2. The standard InChI is InChI=1S/C55H34N2/c56-35-36-24-27-46-47-28-25-40(34-53(47)57(52(46)32-36)41-18-8-3-9-19-41)43-31-30-42(44-20-10-11-21-45(43)44)39-26-29-50-51(33-39)55(38-16-6-2-7-17-38)49-23-13-12-22-48(49)54(50)37-14-4-1-5-15-37/h1-34H. The van der Waals surface area contributed by atoms with E-state index in [0.29, 0.717) is 5.56 Å². The Morgan fingerprint density at radius 3 is 1.33 bits per heavy atom. The molecule has 0 bridgehead atoms. The Kier molecular flexibility index (Phi) is 7.59. The number of nitrogens with zero attached hydrogens (tertiary/aromatic N) is 2. The third kappa shape index (κ3) is 5.25. The molecule has 0 spiro atoms. The summed E-state index contributed by atoms with van der Waals surface area (Å²) in [6, 6.07) is 76.5. The summed E-state index contributed by atoms with van der Waals surface area (Å²) in [4.78, 5) is 0. The maximum absolute atomic E-state index is 9.79. The number of aromatic nitrogens is 1. The highest BCUT2D eigenvalue weighted by molar-refractivity contribution is 6.22. The molecule has 0 radical (unpaired) electrons. The predicted molar refractivity (Wildman–Crippen MR) is 240 cm³/mol. The van der Waals surface area contributed by atoms with Gasteiger partial charge in [-0.3, -0.25) is 0 Å². The van der Waals surface area contributed by atoms with Gasteiger partial charge < -0.3 is 4.57 Å². The first-order valence-electron chi connectivity index (χ1n) is 19.4. The molecular weight excluding hydrogens is 689 g/mol. The topological polar surface area (TPSA) is 28.7 Å². The number of para-hydroxylation sites is 1. The van der Waals surface area contributed by atoms with Gasteiger partial charge in [0.1, 0.15) is 0 Å². The Balaban J connectivity index is 1.14. The third-order valence-corrected chi connectivity index (χ3v) is 11.6. The van der Waals surface area contributed by atoms with Crippen LogP contribution in [0.1, 0.15) is 5.56 Å². The molecule has 1 heterocycles. The first-order chi connectivity index (χ1) is 28.2. The highest BCUT2D eigenvalue weighted by Gasteiger charge is 2.19. The molecule has 0 amide bonds. The van der Waals surface area contributed by atoms with E-state index in [-0.39, 0.29) is 0 Å². The maximum Gasteiger partial charge on any atom is 0.0992 e. The van der Waals surface area contributed by atoms with E-state index in [4.69, 9.17) is 0 Å². The number of fused-ring (bicyclic) bond motifs is 6. The number of hydrogen-bond donors (Lipinski definition) is 0.